The molecule has 1 atom stereocenters. The van der Waals surface area contributed by atoms with Crippen LogP contribution in [0.3, 0.4) is 0 Å². The Morgan fingerprint density at radius 1 is 1.38 bits per heavy atom. The summed E-state index contributed by atoms with van der Waals surface area (Å²) in [5.41, 5.74) is 0.758. The summed E-state index contributed by atoms with van der Waals surface area (Å²) >= 11 is 0. The summed E-state index contributed by atoms with van der Waals surface area (Å²) in [6.07, 6.45) is 2.61. The standard InChI is InChI=1S/C17H19FN6/c1-23(2)17-20-8-6-16(22-17)21-12-7-9-24(11-12)15-5-3-4-14(18)13(15)10-19/h3-6,8,12H,7,9,11H2,1-2H3,(H,20,21,22). The third-order valence-corrected chi connectivity index (χ3v) is 4.03. The van der Waals surface area contributed by atoms with E-state index in [1.54, 1.807) is 18.3 Å². The Bertz CT molecular complexity index is 770. The summed E-state index contributed by atoms with van der Waals surface area (Å²) in [6.45, 7) is 1.46. The molecule has 1 aromatic heterocycles. The Balaban J connectivity index is 1.71. The van der Waals surface area contributed by atoms with Gasteiger partial charge in [-0.3, -0.25) is 0 Å². The van der Waals surface area contributed by atoms with Gasteiger partial charge in [0.05, 0.1) is 5.69 Å². The van der Waals surface area contributed by atoms with Crippen LogP contribution < -0.4 is 15.1 Å². The topological polar surface area (TPSA) is 68.1 Å². The third-order valence-electron chi connectivity index (χ3n) is 4.03. The van der Waals surface area contributed by atoms with Gasteiger partial charge in [0.2, 0.25) is 5.95 Å². The van der Waals surface area contributed by atoms with E-state index in [1.807, 2.05) is 36.0 Å². The molecule has 1 fully saturated rings. The van der Waals surface area contributed by atoms with Crippen molar-refractivity contribution >= 4 is 17.5 Å². The molecule has 6 nitrogen and oxygen atoms in total. The molecule has 0 aliphatic carbocycles. The fourth-order valence-electron chi connectivity index (χ4n) is 2.84. The van der Waals surface area contributed by atoms with Crippen LogP contribution in [0, 0.1) is 17.1 Å². The molecule has 124 valence electrons. The number of hydrogen-bond acceptors (Lipinski definition) is 6. The van der Waals surface area contributed by atoms with Crippen LogP contribution in [0.25, 0.3) is 0 Å². The van der Waals surface area contributed by atoms with Gasteiger partial charge in [0, 0.05) is 39.4 Å². The van der Waals surface area contributed by atoms with E-state index in [0.29, 0.717) is 18.2 Å². The van der Waals surface area contributed by atoms with Crippen molar-refractivity contribution in [3.05, 3.63) is 41.8 Å². The number of benzene rings is 1. The second-order valence-electron chi connectivity index (χ2n) is 5.96. The highest BCUT2D eigenvalue weighted by molar-refractivity contribution is 5.61. The molecule has 24 heavy (non-hydrogen) atoms. The second kappa shape index (κ2) is 6.71. The SMILES string of the molecule is CN(C)c1nccc(NC2CCN(c3cccc(F)c3C#N)C2)n1. The summed E-state index contributed by atoms with van der Waals surface area (Å²) in [7, 11) is 3.79. The van der Waals surface area contributed by atoms with Gasteiger partial charge in [0.1, 0.15) is 23.3 Å². The van der Waals surface area contributed by atoms with Crippen LogP contribution in [-0.2, 0) is 0 Å². The van der Waals surface area contributed by atoms with Gasteiger partial charge in [-0.15, -0.1) is 0 Å². The van der Waals surface area contributed by atoms with E-state index >= 15 is 0 Å². The third kappa shape index (κ3) is 3.23. The maximum absolute atomic E-state index is 13.8. The number of nitriles is 1. The Kier molecular flexibility index (Phi) is 4.47. The fourth-order valence-corrected chi connectivity index (χ4v) is 2.84. The zero-order valence-electron chi connectivity index (χ0n) is 13.7. The normalized spacial score (nSPS) is 16.8. The Hall–Kier alpha value is -2.88. The van der Waals surface area contributed by atoms with Crippen LogP contribution in [0.5, 0.6) is 0 Å². The molecule has 1 aliphatic rings. The molecular weight excluding hydrogens is 307 g/mol. The van der Waals surface area contributed by atoms with Crippen LogP contribution in [-0.4, -0.2) is 43.2 Å². The number of nitrogens with zero attached hydrogens (tertiary/aromatic N) is 5. The molecule has 0 saturated carbocycles. The number of aromatic nitrogens is 2. The van der Waals surface area contributed by atoms with E-state index in [4.69, 9.17) is 0 Å². The highest BCUT2D eigenvalue weighted by Gasteiger charge is 2.25. The highest BCUT2D eigenvalue weighted by atomic mass is 19.1. The smallest absolute Gasteiger partial charge is 0.226 e. The van der Waals surface area contributed by atoms with Crippen LogP contribution in [0.4, 0.5) is 21.8 Å². The van der Waals surface area contributed by atoms with Gasteiger partial charge < -0.3 is 15.1 Å². The average molecular weight is 326 g/mol. The summed E-state index contributed by atoms with van der Waals surface area (Å²) in [5, 5.41) is 12.6. The minimum atomic E-state index is -0.474. The van der Waals surface area contributed by atoms with Crippen molar-refractivity contribution in [1.82, 2.24) is 9.97 Å². The van der Waals surface area contributed by atoms with Gasteiger partial charge in [-0.2, -0.15) is 10.2 Å². The van der Waals surface area contributed by atoms with E-state index in [-0.39, 0.29) is 11.6 Å². The zero-order chi connectivity index (χ0) is 17.1. The Labute approximate surface area is 140 Å². The number of halogens is 1. The first-order valence-electron chi connectivity index (χ1n) is 7.79. The first-order valence-corrected chi connectivity index (χ1v) is 7.79. The number of hydrogen-bond donors (Lipinski definition) is 1. The van der Waals surface area contributed by atoms with Gasteiger partial charge in [-0.25, -0.2) is 9.37 Å². The molecule has 1 unspecified atom stereocenters. The molecule has 7 heteroatoms. The molecule has 1 aliphatic heterocycles. The maximum Gasteiger partial charge on any atom is 0.226 e. The van der Waals surface area contributed by atoms with Crippen molar-refractivity contribution in [1.29, 1.82) is 5.26 Å². The summed E-state index contributed by atoms with van der Waals surface area (Å²) in [4.78, 5) is 12.5. The Morgan fingerprint density at radius 2 is 2.21 bits per heavy atom. The van der Waals surface area contributed by atoms with Gasteiger partial charge >= 0.3 is 0 Å². The van der Waals surface area contributed by atoms with Gasteiger partial charge in [-0.05, 0) is 24.6 Å². The van der Waals surface area contributed by atoms with Crippen molar-refractivity contribution in [3.8, 4) is 6.07 Å². The molecule has 2 aromatic rings. The average Bonchev–Trinajstić information content (AvgIpc) is 3.03. The molecule has 1 N–H and O–H groups in total. The summed E-state index contributed by atoms with van der Waals surface area (Å²) < 4.78 is 13.8. The molecule has 0 radical (unpaired) electrons. The maximum atomic E-state index is 13.8. The quantitative estimate of drug-likeness (QED) is 0.929. The lowest BCUT2D eigenvalue weighted by Crippen LogP contribution is -2.27. The Morgan fingerprint density at radius 3 is 2.96 bits per heavy atom. The number of anilines is 3. The predicted molar refractivity (Wildman–Crippen MR) is 91.7 cm³/mol. The number of rotatable bonds is 4. The number of nitrogens with one attached hydrogen (secondary N) is 1. The molecule has 1 aromatic carbocycles. The van der Waals surface area contributed by atoms with E-state index in [1.165, 1.54) is 6.07 Å². The summed E-state index contributed by atoms with van der Waals surface area (Å²) in [6, 6.07) is 8.73. The van der Waals surface area contributed by atoms with Crippen LogP contribution >= 0.6 is 0 Å². The summed E-state index contributed by atoms with van der Waals surface area (Å²) in [5.74, 6) is 0.935. The molecular formula is C17H19FN6. The zero-order valence-corrected chi connectivity index (χ0v) is 13.7. The lowest BCUT2D eigenvalue weighted by molar-refractivity contribution is 0.623. The van der Waals surface area contributed by atoms with E-state index in [9.17, 15) is 9.65 Å². The minimum absolute atomic E-state index is 0.107. The van der Waals surface area contributed by atoms with Gasteiger partial charge in [0.15, 0.2) is 0 Å². The van der Waals surface area contributed by atoms with Crippen molar-refractivity contribution in [2.24, 2.45) is 0 Å². The van der Waals surface area contributed by atoms with Crippen molar-refractivity contribution in [3.63, 3.8) is 0 Å². The van der Waals surface area contributed by atoms with Crippen molar-refractivity contribution < 1.29 is 4.39 Å². The van der Waals surface area contributed by atoms with E-state index < -0.39 is 5.82 Å². The first-order chi connectivity index (χ1) is 11.6. The molecule has 0 spiro atoms. The van der Waals surface area contributed by atoms with Gasteiger partial charge in [0.25, 0.3) is 0 Å². The monoisotopic (exact) mass is 326 g/mol. The second-order valence-corrected chi connectivity index (χ2v) is 5.96. The first kappa shape index (κ1) is 16.0. The van der Waals surface area contributed by atoms with Crippen molar-refractivity contribution in [2.75, 3.05) is 42.3 Å². The largest absolute Gasteiger partial charge is 0.368 e. The van der Waals surface area contributed by atoms with E-state index in [2.05, 4.69) is 15.3 Å². The van der Waals surface area contributed by atoms with Gasteiger partial charge in [-0.1, -0.05) is 6.07 Å². The lowest BCUT2D eigenvalue weighted by atomic mass is 10.1. The van der Waals surface area contributed by atoms with Crippen LogP contribution in [0.15, 0.2) is 30.5 Å². The molecule has 0 bridgehead atoms. The van der Waals surface area contributed by atoms with Crippen molar-refractivity contribution in [2.45, 2.75) is 12.5 Å². The highest BCUT2D eigenvalue weighted by Crippen LogP contribution is 2.27. The van der Waals surface area contributed by atoms with E-state index in [0.717, 1.165) is 18.8 Å². The predicted octanol–water partition coefficient (Wildman–Crippen LogP) is 2.24. The minimum Gasteiger partial charge on any atom is -0.368 e. The van der Waals surface area contributed by atoms with Crippen LogP contribution in [0.2, 0.25) is 0 Å². The fraction of sp³-hybridized carbons (Fsp3) is 0.353. The van der Waals surface area contributed by atoms with Crippen LogP contribution in [0.1, 0.15) is 12.0 Å². The lowest BCUT2D eigenvalue weighted by Gasteiger charge is -2.21. The molecule has 3 rings (SSSR count). The molecule has 1 saturated heterocycles. The molecule has 0 amide bonds. The molecule has 2 heterocycles.